The number of rotatable bonds is 11. The van der Waals surface area contributed by atoms with Gasteiger partial charge in [0.2, 0.25) is 5.91 Å². The maximum atomic E-state index is 10.1. The number of nitrogens with one attached hydrogen (secondary N) is 1. The molecule has 0 radical (unpaired) electrons. The summed E-state index contributed by atoms with van der Waals surface area (Å²) in [7, 11) is 0. The number of carbonyl (C=O) groups is 7. The van der Waals surface area contributed by atoms with E-state index in [1.165, 1.54) is 6.92 Å². The van der Waals surface area contributed by atoms with Gasteiger partial charge in [-0.1, -0.05) is 27.7 Å². The second-order valence-electron chi connectivity index (χ2n) is 10.1. The summed E-state index contributed by atoms with van der Waals surface area (Å²) in [6.07, 6.45) is 1.47. The summed E-state index contributed by atoms with van der Waals surface area (Å²) in [5.41, 5.74) is 29.7. The van der Waals surface area contributed by atoms with Crippen molar-refractivity contribution in [2.45, 2.75) is 90.1 Å². The van der Waals surface area contributed by atoms with Crippen LogP contribution in [-0.2, 0) is 33.6 Å². The molecule has 0 aromatic heterocycles. The van der Waals surface area contributed by atoms with Gasteiger partial charge in [-0.05, 0) is 38.1 Å². The van der Waals surface area contributed by atoms with Crippen molar-refractivity contribution in [3.8, 4) is 0 Å². The Morgan fingerprint density at radius 1 is 0.674 bits per heavy atom. The number of amides is 1. The summed E-state index contributed by atoms with van der Waals surface area (Å²) in [5, 5.41) is 51.6. The van der Waals surface area contributed by atoms with Crippen LogP contribution in [-0.4, -0.2) is 121 Å². The van der Waals surface area contributed by atoms with Crippen LogP contribution in [0.5, 0.6) is 0 Å². The molecular formula is C25H53N7O13S. The first kappa shape index (κ1) is 52.0. The molecular weight excluding hydrogens is 638 g/mol. The highest BCUT2D eigenvalue weighted by molar-refractivity contribution is 7.80. The molecule has 1 fully saturated rings. The Morgan fingerprint density at radius 2 is 1.02 bits per heavy atom. The molecule has 0 saturated carbocycles. The van der Waals surface area contributed by atoms with E-state index in [2.05, 4.69) is 23.7 Å². The van der Waals surface area contributed by atoms with Crippen molar-refractivity contribution in [2.24, 2.45) is 46.2 Å². The van der Waals surface area contributed by atoms with Gasteiger partial charge in [0.25, 0.3) is 0 Å². The summed E-state index contributed by atoms with van der Waals surface area (Å²) in [4.78, 5) is 69.4. The second-order valence-corrected chi connectivity index (χ2v) is 10.4. The van der Waals surface area contributed by atoms with E-state index < -0.39 is 71.9 Å². The Hall–Kier alpha value is -3.60. The summed E-state index contributed by atoms with van der Waals surface area (Å²) >= 11 is 3.65. The summed E-state index contributed by atoms with van der Waals surface area (Å²) < 4.78 is 0. The van der Waals surface area contributed by atoms with Crippen LogP contribution in [0.4, 0.5) is 0 Å². The van der Waals surface area contributed by atoms with Crippen molar-refractivity contribution in [1.82, 2.24) is 5.32 Å². The number of hydrogen-bond acceptors (Lipinski definition) is 14. The van der Waals surface area contributed by atoms with Crippen LogP contribution in [0.25, 0.3) is 0 Å². The number of thiol groups is 1. The van der Waals surface area contributed by atoms with Crippen molar-refractivity contribution in [2.75, 3.05) is 12.3 Å². The van der Waals surface area contributed by atoms with Crippen LogP contribution in [0.2, 0.25) is 0 Å². The Bertz CT molecular complexity index is 878. The molecule has 0 aromatic carbocycles. The fraction of sp³-hybridized carbons (Fsp3) is 0.720. The van der Waals surface area contributed by atoms with Crippen LogP contribution < -0.4 is 39.7 Å². The number of primary amides is 1. The highest BCUT2D eigenvalue weighted by Gasteiger charge is 2.20. The molecule has 0 bridgehead atoms. The number of carboxylic acids is 6. The minimum Gasteiger partial charge on any atom is -0.480 e. The number of nitrogens with two attached hydrogens (primary N) is 6. The van der Waals surface area contributed by atoms with Gasteiger partial charge in [-0.2, -0.15) is 12.6 Å². The zero-order valence-corrected chi connectivity index (χ0v) is 27.5. The fourth-order valence-corrected chi connectivity index (χ4v) is 2.00. The van der Waals surface area contributed by atoms with Gasteiger partial charge in [0.1, 0.15) is 36.3 Å². The molecule has 0 aliphatic carbocycles. The molecule has 0 aromatic rings. The first-order chi connectivity index (χ1) is 20.8. The number of aliphatic carboxylic acids is 6. The largest absolute Gasteiger partial charge is 0.480 e. The molecule has 6 atom stereocenters. The normalized spacial score (nSPS) is 16.1. The molecule has 1 amide bonds. The highest BCUT2D eigenvalue weighted by atomic mass is 32.1. The Labute approximate surface area is 272 Å². The Kier molecular flexibility index (Phi) is 34.0. The van der Waals surface area contributed by atoms with Gasteiger partial charge in [-0.3, -0.25) is 33.6 Å². The maximum absolute atomic E-state index is 10.1. The zero-order chi connectivity index (χ0) is 37.9. The van der Waals surface area contributed by atoms with Crippen molar-refractivity contribution < 1.29 is 64.2 Å². The first-order valence-electron chi connectivity index (χ1n) is 13.5. The monoisotopic (exact) mass is 691 g/mol. The van der Waals surface area contributed by atoms with Crippen LogP contribution in [0.15, 0.2) is 0 Å². The first-order valence-corrected chi connectivity index (χ1v) is 14.2. The average Bonchev–Trinajstić information content (AvgIpc) is 3.48. The standard InChI is InChI=1S/C5H9NO2.2C5H11NO2.C4H8N2O3.C3H7NO2S.C3H7NO2/c7-5(8)4-2-1-3-6-4;2*1-3(2)4(6)5(7)8;5-2(4(8)9)1-3(6)7;4-2(1-7)3(5)6;1-2(4)3(5)6/h4,6H,1-3H2,(H,7,8);2*3-4H,6H2,1-2H3,(H,7,8);2H,1,5H2,(H2,6,7)(H,8,9);2,7H,1,4H2,(H,5,6);2H,4H2,1H3,(H,5,6)/t3*4-;3*2-/m000000/s1. The van der Waals surface area contributed by atoms with E-state index in [-0.39, 0.29) is 30.1 Å². The van der Waals surface area contributed by atoms with Gasteiger partial charge in [-0.25, -0.2) is 0 Å². The van der Waals surface area contributed by atoms with Gasteiger partial charge < -0.3 is 70.4 Å². The third kappa shape index (κ3) is 36.6. The van der Waals surface area contributed by atoms with Crippen LogP contribution in [0.1, 0.15) is 53.9 Å². The van der Waals surface area contributed by atoms with E-state index in [0.717, 1.165) is 19.4 Å². The molecule has 21 heteroatoms. The molecule has 1 heterocycles. The molecule has 0 spiro atoms. The minimum absolute atomic E-state index is 0.0208. The molecule has 0 unspecified atom stereocenters. The zero-order valence-electron chi connectivity index (χ0n) is 26.6. The predicted molar refractivity (Wildman–Crippen MR) is 170 cm³/mol. The number of carboxylic acid groups (broad SMARTS) is 6. The van der Waals surface area contributed by atoms with Gasteiger partial charge in [-0.15, -0.1) is 0 Å². The lowest BCUT2D eigenvalue weighted by Crippen LogP contribution is -2.34. The quantitative estimate of drug-likeness (QED) is 0.0956. The van der Waals surface area contributed by atoms with Gasteiger partial charge >= 0.3 is 35.8 Å². The molecule has 1 aliphatic rings. The maximum Gasteiger partial charge on any atom is 0.321 e. The molecule has 20 nitrogen and oxygen atoms in total. The van der Waals surface area contributed by atoms with Crippen molar-refractivity contribution >= 4 is 54.4 Å². The SMILES string of the molecule is CC(C)[C@H](N)C(=O)O.CC(C)[C@H](N)C(=O)O.C[C@H](N)C(=O)O.NC(=O)C[C@H](N)C(=O)O.N[C@@H](CS)C(=O)O.O=C(O)[C@@H]1CCCN1. The Morgan fingerprint density at radius 3 is 1.09 bits per heavy atom. The van der Waals surface area contributed by atoms with Gasteiger partial charge in [0, 0.05) is 5.75 Å². The van der Waals surface area contributed by atoms with E-state index in [9.17, 15) is 33.6 Å². The van der Waals surface area contributed by atoms with E-state index in [1.54, 1.807) is 27.7 Å². The summed E-state index contributed by atoms with van der Waals surface area (Å²) in [6.45, 7) is 9.38. The fourth-order valence-electron chi connectivity index (χ4n) is 1.85. The molecule has 1 rings (SSSR count). The average molecular weight is 692 g/mol. The van der Waals surface area contributed by atoms with Crippen LogP contribution in [0.3, 0.4) is 0 Å². The third-order valence-electron chi connectivity index (χ3n) is 5.01. The minimum atomic E-state index is -1.21. The predicted octanol–water partition coefficient (Wildman–Crippen LogP) is -3.05. The molecule has 1 saturated heterocycles. The second kappa shape index (κ2) is 30.1. The van der Waals surface area contributed by atoms with Crippen LogP contribution >= 0.6 is 12.6 Å². The van der Waals surface area contributed by atoms with E-state index in [4.69, 9.17) is 59.3 Å². The van der Waals surface area contributed by atoms with E-state index in [0.29, 0.717) is 0 Å². The summed E-state index contributed by atoms with van der Waals surface area (Å²) in [6, 6.07) is -4.41. The Balaban J connectivity index is -0.000000147. The van der Waals surface area contributed by atoms with E-state index >= 15 is 0 Å². The third-order valence-corrected chi connectivity index (χ3v) is 5.40. The van der Waals surface area contributed by atoms with Crippen molar-refractivity contribution in [1.29, 1.82) is 0 Å². The lowest BCUT2D eigenvalue weighted by Gasteiger charge is -2.07. The summed E-state index contributed by atoms with van der Waals surface area (Å²) in [5.74, 6) is -6.23. The smallest absolute Gasteiger partial charge is 0.321 e. The lowest BCUT2D eigenvalue weighted by atomic mass is 10.1. The number of hydrogen-bond donors (Lipinski definition) is 14. The van der Waals surface area contributed by atoms with Gasteiger partial charge in [0.05, 0.1) is 6.42 Å². The van der Waals surface area contributed by atoms with Crippen molar-refractivity contribution in [3.63, 3.8) is 0 Å². The van der Waals surface area contributed by atoms with Crippen LogP contribution in [0, 0.1) is 11.8 Å². The van der Waals surface area contributed by atoms with E-state index in [1.807, 2.05) is 0 Å². The highest BCUT2D eigenvalue weighted by Crippen LogP contribution is 2.03. The molecule has 1 aliphatic heterocycles. The molecule has 19 N–H and O–H groups in total. The topological polar surface area (TPSA) is 409 Å². The molecule has 272 valence electrons. The lowest BCUT2D eigenvalue weighted by molar-refractivity contribution is -0.140. The molecule has 46 heavy (non-hydrogen) atoms. The number of carbonyl (C=O) groups excluding carboxylic acids is 1. The van der Waals surface area contributed by atoms with Crippen molar-refractivity contribution in [3.05, 3.63) is 0 Å². The van der Waals surface area contributed by atoms with Gasteiger partial charge in [0.15, 0.2) is 0 Å².